The third-order valence-corrected chi connectivity index (χ3v) is 10.9. The molecular weight excluding hydrogens is 617 g/mol. The van der Waals surface area contributed by atoms with Crippen molar-refractivity contribution in [3.05, 3.63) is 53.7 Å². The molecule has 0 spiro atoms. The molecule has 2 aromatic carbocycles. The summed E-state index contributed by atoms with van der Waals surface area (Å²) in [6, 6.07) is 14.3. The lowest BCUT2D eigenvalue weighted by Crippen LogP contribution is -2.53. The largest absolute Gasteiger partial charge is 0.494 e. The number of hydrogen-bond acceptors (Lipinski definition) is 9. The Balaban J connectivity index is 1.16. The molecule has 2 saturated heterocycles. The van der Waals surface area contributed by atoms with Gasteiger partial charge in [-0.3, -0.25) is 4.90 Å². The van der Waals surface area contributed by atoms with Crippen molar-refractivity contribution in [1.82, 2.24) is 19.8 Å². The number of rotatable bonds is 14. The summed E-state index contributed by atoms with van der Waals surface area (Å²) in [4.78, 5) is 16.5. The van der Waals surface area contributed by atoms with Gasteiger partial charge in [-0.2, -0.15) is 4.98 Å². The van der Waals surface area contributed by atoms with E-state index in [1.165, 1.54) is 25.7 Å². The van der Waals surface area contributed by atoms with E-state index in [0.29, 0.717) is 34.3 Å². The number of benzene rings is 2. The highest BCUT2D eigenvalue weighted by Gasteiger charge is 2.28. The highest BCUT2D eigenvalue weighted by Crippen LogP contribution is 2.39. The monoisotopic (exact) mass is 668 g/mol. The first-order valence-electron chi connectivity index (χ1n) is 17.3. The summed E-state index contributed by atoms with van der Waals surface area (Å²) in [5.74, 6) is 1.49. The molecule has 0 bridgehead atoms. The number of methoxy groups -OCH3 is 1. The van der Waals surface area contributed by atoms with Crippen LogP contribution in [-0.4, -0.2) is 92.0 Å². The summed E-state index contributed by atoms with van der Waals surface area (Å²) in [5.41, 5.74) is 2.59. The minimum atomic E-state index is -2.52. The van der Waals surface area contributed by atoms with Crippen LogP contribution in [-0.2, 0) is 4.57 Å². The predicted molar refractivity (Wildman–Crippen MR) is 194 cm³/mol. The zero-order valence-corrected chi connectivity index (χ0v) is 29.5. The predicted octanol–water partition coefficient (Wildman–Crippen LogP) is 7.43. The number of aromatic nitrogens is 2. The first-order chi connectivity index (χ1) is 22.7. The molecule has 5 rings (SSSR count). The molecule has 1 unspecified atom stereocenters. The minimum Gasteiger partial charge on any atom is -0.494 e. The smallest absolute Gasteiger partial charge is 0.229 e. The second-order valence-corrected chi connectivity index (χ2v) is 16.3. The zero-order chi connectivity index (χ0) is 33.4. The number of unbranched alkanes of at least 4 members (excludes halogenated alkanes) is 3. The lowest BCUT2D eigenvalue weighted by molar-refractivity contribution is 0.0839. The number of halogens is 1. The number of nitrogens with one attached hydrogen (secondary N) is 2. The standard InChI is InChI=1S/C35H51ClN7O2P/c1-5-6-7-8-11-18-41-21-23-43(24-22-41)27-16-19-42(20-17-27)28-14-15-30(32(25-28)45-2)39-35-37-26-29(36)34(40-35)38-31-12-9-10-13-33(31)46(3,4)44/h9-10,12-15,25-27H,5-8,11,16-24H2,1-4H3,(H2,37,38,39,40)/i18D. The van der Waals surface area contributed by atoms with Gasteiger partial charge in [-0.25, -0.2) is 4.98 Å². The Morgan fingerprint density at radius 3 is 2.43 bits per heavy atom. The van der Waals surface area contributed by atoms with Crippen molar-refractivity contribution < 1.29 is 10.7 Å². The fourth-order valence-corrected chi connectivity index (χ4v) is 7.71. The van der Waals surface area contributed by atoms with Gasteiger partial charge in [0.1, 0.15) is 17.9 Å². The molecule has 1 aromatic heterocycles. The van der Waals surface area contributed by atoms with Crippen LogP contribution in [0.15, 0.2) is 48.7 Å². The van der Waals surface area contributed by atoms with E-state index in [4.69, 9.17) is 17.7 Å². The van der Waals surface area contributed by atoms with Gasteiger partial charge in [0.15, 0.2) is 5.82 Å². The fourth-order valence-electron chi connectivity index (χ4n) is 6.41. The maximum atomic E-state index is 12.8. The average Bonchev–Trinajstić information content (AvgIpc) is 3.08. The highest BCUT2D eigenvalue weighted by molar-refractivity contribution is 7.70. The number of piperazine rings is 1. The van der Waals surface area contributed by atoms with Crippen LogP contribution in [0.4, 0.5) is 28.8 Å². The molecule has 0 radical (unpaired) electrons. The van der Waals surface area contributed by atoms with E-state index in [1.54, 1.807) is 26.6 Å². The Morgan fingerprint density at radius 1 is 0.978 bits per heavy atom. The molecule has 2 N–H and O–H groups in total. The van der Waals surface area contributed by atoms with Crippen molar-refractivity contribution in [2.24, 2.45) is 0 Å². The van der Waals surface area contributed by atoms with Gasteiger partial charge in [-0.1, -0.05) is 56.3 Å². The lowest BCUT2D eigenvalue weighted by atomic mass is 10.0. The van der Waals surface area contributed by atoms with Crippen molar-refractivity contribution in [2.75, 3.05) is 81.8 Å². The third-order valence-electron chi connectivity index (χ3n) is 9.05. The summed E-state index contributed by atoms with van der Waals surface area (Å²) in [5, 5.41) is 7.63. The van der Waals surface area contributed by atoms with E-state index in [1.807, 2.05) is 30.3 Å². The Bertz CT molecular complexity index is 1510. The summed E-state index contributed by atoms with van der Waals surface area (Å²) >= 11 is 6.46. The molecule has 11 heteroatoms. The van der Waals surface area contributed by atoms with E-state index in [0.717, 1.165) is 75.2 Å². The van der Waals surface area contributed by atoms with Gasteiger partial charge in [0.25, 0.3) is 0 Å². The topological polar surface area (TPSA) is 85.9 Å². The number of para-hydroxylation sites is 1. The van der Waals surface area contributed by atoms with Crippen LogP contribution in [0.5, 0.6) is 5.75 Å². The molecule has 250 valence electrons. The van der Waals surface area contributed by atoms with E-state index < -0.39 is 7.14 Å². The summed E-state index contributed by atoms with van der Waals surface area (Å²) in [6.45, 7) is 11.8. The number of piperidine rings is 1. The third kappa shape index (κ3) is 9.15. The van der Waals surface area contributed by atoms with Gasteiger partial charge in [-0.15, -0.1) is 0 Å². The molecule has 1 atom stereocenters. The summed E-state index contributed by atoms with van der Waals surface area (Å²) in [6.07, 6.45) is 9.77. The molecule has 2 fully saturated rings. The number of ether oxygens (including phenoxy) is 1. The Morgan fingerprint density at radius 2 is 1.72 bits per heavy atom. The number of anilines is 5. The SMILES string of the molecule is [2H]C(CCCCCC)N1CCN(C2CCN(c3ccc(Nc4ncc(Cl)c(Nc5ccccc5P(C)(C)=O)n4)c(OC)c3)CC2)CC1. The number of hydrogen-bond donors (Lipinski definition) is 2. The average molecular weight is 669 g/mol. The Labute approximate surface area is 281 Å². The minimum absolute atomic E-state index is 0.0471. The normalized spacial score (nSPS) is 17.8. The Kier molecular flexibility index (Phi) is 11.7. The van der Waals surface area contributed by atoms with E-state index in [2.05, 4.69) is 54.4 Å². The molecular formula is C35H51ClN7O2P. The summed E-state index contributed by atoms with van der Waals surface area (Å²) < 4.78 is 27.2. The van der Waals surface area contributed by atoms with Gasteiger partial charge in [0, 0.05) is 63.7 Å². The fraction of sp³-hybridized carbons (Fsp3) is 0.543. The van der Waals surface area contributed by atoms with Crippen LogP contribution in [0.1, 0.15) is 53.2 Å². The molecule has 46 heavy (non-hydrogen) atoms. The molecule has 2 aliphatic heterocycles. The summed E-state index contributed by atoms with van der Waals surface area (Å²) in [7, 11) is -0.849. The first-order valence-corrected chi connectivity index (χ1v) is 19.7. The van der Waals surface area contributed by atoms with Crippen LogP contribution in [0.2, 0.25) is 5.02 Å². The van der Waals surface area contributed by atoms with Crippen LogP contribution in [0.3, 0.4) is 0 Å². The van der Waals surface area contributed by atoms with Crippen molar-refractivity contribution >= 4 is 52.9 Å². The molecule has 0 amide bonds. The molecule has 0 aliphatic carbocycles. The maximum absolute atomic E-state index is 12.8. The van der Waals surface area contributed by atoms with Crippen LogP contribution < -0.4 is 25.6 Å². The van der Waals surface area contributed by atoms with Gasteiger partial charge in [0.2, 0.25) is 5.95 Å². The van der Waals surface area contributed by atoms with Crippen LogP contribution in [0.25, 0.3) is 0 Å². The lowest BCUT2D eigenvalue weighted by Gasteiger charge is -2.43. The van der Waals surface area contributed by atoms with Crippen molar-refractivity contribution in [3.63, 3.8) is 0 Å². The van der Waals surface area contributed by atoms with Crippen molar-refractivity contribution in [2.45, 2.75) is 57.9 Å². The second-order valence-electron chi connectivity index (χ2n) is 12.7. The first kappa shape index (κ1) is 33.1. The van der Waals surface area contributed by atoms with Crippen LogP contribution in [0, 0.1) is 0 Å². The van der Waals surface area contributed by atoms with E-state index in [-0.39, 0.29) is 6.52 Å². The molecule has 9 nitrogen and oxygen atoms in total. The van der Waals surface area contributed by atoms with Gasteiger partial charge >= 0.3 is 0 Å². The van der Waals surface area contributed by atoms with Gasteiger partial charge in [0.05, 0.1) is 24.7 Å². The van der Waals surface area contributed by atoms with Gasteiger partial charge < -0.3 is 29.7 Å². The molecule has 3 aromatic rings. The Hall–Kier alpha value is -2.84. The van der Waals surface area contributed by atoms with Gasteiger partial charge in [-0.05, 0) is 63.4 Å². The van der Waals surface area contributed by atoms with Crippen molar-refractivity contribution in [3.8, 4) is 5.75 Å². The molecule has 3 heterocycles. The quantitative estimate of drug-likeness (QED) is 0.135. The second kappa shape index (κ2) is 16.3. The van der Waals surface area contributed by atoms with Crippen molar-refractivity contribution in [1.29, 1.82) is 0 Å². The van der Waals surface area contributed by atoms with E-state index >= 15 is 0 Å². The molecule has 2 aliphatic rings. The highest BCUT2D eigenvalue weighted by atomic mass is 35.5. The molecule has 0 saturated carbocycles. The van der Waals surface area contributed by atoms with Crippen LogP contribution >= 0.6 is 18.7 Å². The van der Waals surface area contributed by atoms with E-state index in [9.17, 15) is 4.57 Å². The zero-order valence-electron chi connectivity index (χ0n) is 28.8. The maximum Gasteiger partial charge on any atom is 0.229 e. The number of nitrogens with zero attached hydrogens (tertiary/aromatic N) is 5.